The van der Waals surface area contributed by atoms with Crippen LogP contribution < -0.4 is 0 Å². The van der Waals surface area contributed by atoms with E-state index in [-0.39, 0.29) is 0 Å². The van der Waals surface area contributed by atoms with Crippen molar-refractivity contribution >= 4 is 0 Å². The summed E-state index contributed by atoms with van der Waals surface area (Å²) in [6, 6.07) is 58.3. The molecule has 422 valence electrons. The lowest BCUT2D eigenvalue weighted by Gasteiger charge is -2.19. The topological polar surface area (TPSA) is 168 Å². The summed E-state index contributed by atoms with van der Waals surface area (Å²) in [6.07, 6.45) is 38.5. The Hall–Kier alpha value is -12.6. The second kappa shape index (κ2) is 24.4. The van der Waals surface area contributed by atoms with Gasteiger partial charge in [-0.1, -0.05) is 6.07 Å². The van der Waals surface area contributed by atoms with Crippen LogP contribution in [0.1, 0.15) is 0 Å². The molecule has 0 saturated carbocycles. The van der Waals surface area contributed by atoms with Gasteiger partial charge in [-0.2, -0.15) is 0 Å². The van der Waals surface area contributed by atoms with Gasteiger partial charge >= 0.3 is 0 Å². The molecule has 15 aromatic rings. The largest absolute Gasteiger partial charge is 0.265 e. The molecule has 90 heavy (non-hydrogen) atoms. The Labute approximate surface area is 518 Å². The molecule has 13 nitrogen and oxygen atoms in total. The van der Waals surface area contributed by atoms with Crippen molar-refractivity contribution < 1.29 is 0 Å². The molecule has 0 spiro atoms. The Morgan fingerprint density at radius 1 is 0.167 bits per heavy atom. The summed E-state index contributed by atoms with van der Waals surface area (Å²) in [7, 11) is 0. The standard InChI is InChI=1S/C77H49N13/c1-2-60(47-85-20-1)68-44-69(64(51-5-23-79-24-6-51)42-63(68)50-3-21-78-22-4-50)62-38-61(48-86-49-62)57-17-35-87-73(39-57)72-45-65(52-7-25-80-26-8-52)67(43-66(72)53-9-27-81-28-10-53)58-18-36-88-74(40-58)75-41-59(19-37-89-75)71-46-70(54-11-29-82-30-12-54)76(55-13-31-83-32-14-55)90-77(71)56-15-33-84-34-16-56/h1-49H. The molecule has 0 aliphatic rings. The van der Waals surface area contributed by atoms with E-state index in [2.05, 4.69) is 107 Å². The van der Waals surface area contributed by atoms with Crippen LogP contribution in [0.15, 0.2) is 300 Å². The van der Waals surface area contributed by atoms with Crippen molar-refractivity contribution in [2.75, 3.05) is 0 Å². The van der Waals surface area contributed by atoms with Crippen LogP contribution in [0.2, 0.25) is 0 Å². The minimum atomic E-state index is 0.694. The minimum Gasteiger partial charge on any atom is -0.265 e. The van der Waals surface area contributed by atoms with Gasteiger partial charge in [-0.15, -0.1) is 0 Å². The van der Waals surface area contributed by atoms with Gasteiger partial charge in [0.05, 0.1) is 28.5 Å². The first-order valence-corrected chi connectivity index (χ1v) is 29.1. The zero-order valence-corrected chi connectivity index (χ0v) is 48.1. The van der Waals surface area contributed by atoms with E-state index in [4.69, 9.17) is 24.9 Å². The summed E-state index contributed by atoms with van der Waals surface area (Å²) in [4.78, 5) is 60.6. The van der Waals surface area contributed by atoms with Crippen molar-refractivity contribution in [1.29, 1.82) is 0 Å². The smallest absolute Gasteiger partial charge is 0.0892 e. The fraction of sp³-hybridized carbons (Fsp3) is 0. The van der Waals surface area contributed by atoms with Crippen LogP contribution in [0.25, 0.3) is 156 Å². The molecule has 2 aromatic carbocycles. The van der Waals surface area contributed by atoms with E-state index in [1.807, 2.05) is 190 Å². The molecule has 0 unspecified atom stereocenters. The highest BCUT2D eigenvalue weighted by molar-refractivity contribution is 5.98. The van der Waals surface area contributed by atoms with Crippen molar-refractivity contribution in [2.45, 2.75) is 0 Å². The van der Waals surface area contributed by atoms with Gasteiger partial charge in [0, 0.05) is 175 Å². The Morgan fingerprint density at radius 3 is 0.944 bits per heavy atom. The summed E-state index contributed by atoms with van der Waals surface area (Å²) in [5.74, 6) is 0. The molecule has 13 heteroatoms. The third kappa shape index (κ3) is 10.9. The van der Waals surface area contributed by atoms with Crippen molar-refractivity contribution in [2.24, 2.45) is 0 Å². The average Bonchev–Trinajstić information content (AvgIpc) is 0.975. The minimum absolute atomic E-state index is 0.694. The van der Waals surface area contributed by atoms with Gasteiger partial charge < -0.3 is 0 Å². The summed E-state index contributed by atoms with van der Waals surface area (Å²) in [6.45, 7) is 0. The number of rotatable bonds is 14. The SMILES string of the molecule is c1cncc(-c2cc(-c3cncc(-c4ccnc(-c5cc(-c6ccncc6)c(-c6ccnc(-c7cc(-c8cc(-c9ccncc9)c(-c9ccncc9)nc8-c8ccncc8)ccn7)c6)cc5-c5ccncc5)c4)c3)c(-c3ccncc3)cc2-c2ccncc2)c1. The highest BCUT2D eigenvalue weighted by Crippen LogP contribution is 2.46. The van der Waals surface area contributed by atoms with Crippen LogP contribution in [0, 0.1) is 0 Å². The maximum atomic E-state index is 5.46. The molecule has 0 bridgehead atoms. The number of hydrogen-bond acceptors (Lipinski definition) is 13. The number of nitrogens with zero attached hydrogens (tertiary/aromatic N) is 13. The maximum Gasteiger partial charge on any atom is 0.0892 e. The van der Waals surface area contributed by atoms with Crippen molar-refractivity contribution in [1.82, 2.24) is 64.8 Å². The van der Waals surface area contributed by atoms with Gasteiger partial charge in [-0.25, -0.2) is 4.98 Å². The second-order valence-electron chi connectivity index (χ2n) is 21.3. The first-order valence-electron chi connectivity index (χ1n) is 29.1. The Kier molecular flexibility index (Phi) is 14.7. The number of benzene rings is 2. The van der Waals surface area contributed by atoms with Crippen molar-refractivity contribution in [3.05, 3.63) is 300 Å². The fourth-order valence-electron chi connectivity index (χ4n) is 11.7. The third-order valence-electron chi connectivity index (χ3n) is 16.0. The molecule has 0 radical (unpaired) electrons. The van der Waals surface area contributed by atoms with E-state index in [1.54, 1.807) is 43.4 Å². The molecule has 0 saturated heterocycles. The van der Waals surface area contributed by atoms with Crippen LogP contribution in [0.3, 0.4) is 0 Å². The van der Waals surface area contributed by atoms with Crippen molar-refractivity contribution in [3.63, 3.8) is 0 Å². The highest BCUT2D eigenvalue weighted by atomic mass is 14.8. The lowest BCUT2D eigenvalue weighted by Crippen LogP contribution is -1.98. The number of pyridine rings is 13. The molecular formula is C77H49N13. The van der Waals surface area contributed by atoms with E-state index in [1.165, 1.54) is 0 Å². The molecular weight excluding hydrogens is 1110 g/mol. The van der Waals surface area contributed by atoms with Gasteiger partial charge in [0.15, 0.2) is 0 Å². The van der Waals surface area contributed by atoms with Gasteiger partial charge in [-0.05, 0) is 247 Å². The van der Waals surface area contributed by atoms with Gasteiger partial charge in [0.25, 0.3) is 0 Å². The molecule has 13 heterocycles. The molecule has 13 aromatic heterocycles. The Balaban J connectivity index is 0.848. The normalized spacial score (nSPS) is 11.1. The van der Waals surface area contributed by atoms with Crippen LogP contribution in [0.4, 0.5) is 0 Å². The zero-order chi connectivity index (χ0) is 60.0. The van der Waals surface area contributed by atoms with E-state index in [9.17, 15) is 0 Å². The molecule has 0 aliphatic carbocycles. The Bertz CT molecular complexity index is 4710. The predicted molar refractivity (Wildman–Crippen MR) is 354 cm³/mol. The predicted octanol–water partition coefficient (Wildman–Crippen LogP) is 17.2. The van der Waals surface area contributed by atoms with Gasteiger partial charge in [0.1, 0.15) is 0 Å². The molecule has 0 atom stereocenters. The van der Waals surface area contributed by atoms with E-state index in [0.29, 0.717) is 11.4 Å². The summed E-state index contributed by atoms with van der Waals surface area (Å²) in [5.41, 5.74) is 26.2. The molecule has 15 rings (SSSR count). The van der Waals surface area contributed by atoms with Crippen LogP contribution >= 0.6 is 0 Å². The fourth-order valence-corrected chi connectivity index (χ4v) is 11.7. The summed E-state index contributed by atoms with van der Waals surface area (Å²) >= 11 is 0. The number of aromatic nitrogens is 13. The highest BCUT2D eigenvalue weighted by Gasteiger charge is 2.23. The zero-order valence-electron chi connectivity index (χ0n) is 48.1. The average molecular weight is 1160 g/mol. The van der Waals surface area contributed by atoms with Crippen LogP contribution in [0.5, 0.6) is 0 Å². The molecule has 0 aliphatic heterocycles. The number of hydrogen-bond donors (Lipinski definition) is 0. The molecule has 0 fully saturated rings. The molecule has 0 N–H and O–H groups in total. The first-order chi connectivity index (χ1) is 44.6. The van der Waals surface area contributed by atoms with Crippen LogP contribution in [-0.2, 0) is 0 Å². The second-order valence-corrected chi connectivity index (χ2v) is 21.3. The van der Waals surface area contributed by atoms with Gasteiger partial charge in [-0.3, -0.25) is 59.8 Å². The van der Waals surface area contributed by atoms with E-state index >= 15 is 0 Å². The Morgan fingerprint density at radius 2 is 0.478 bits per heavy atom. The summed E-state index contributed by atoms with van der Waals surface area (Å²) in [5, 5.41) is 0. The summed E-state index contributed by atoms with van der Waals surface area (Å²) < 4.78 is 0. The van der Waals surface area contributed by atoms with Gasteiger partial charge in [0.2, 0.25) is 0 Å². The maximum absolute atomic E-state index is 5.46. The monoisotopic (exact) mass is 1160 g/mol. The van der Waals surface area contributed by atoms with E-state index in [0.717, 1.165) is 145 Å². The quantitative estimate of drug-likeness (QED) is 0.101. The van der Waals surface area contributed by atoms with Crippen LogP contribution in [-0.4, -0.2) is 64.8 Å². The third-order valence-corrected chi connectivity index (χ3v) is 16.0. The van der Waals surface area contributed by atoms with E-state index < -0.39 is 0 Å². The lowest BCUT2D eigenvalue weighted by molar-refractivity contribution is 1.24. The first kappa shape index (κ1) is 54.1. The lowest BCUT2D eigenvalue weighted by atomic mass is 9.86. The molecule has 0 amide bonds. The van der Waals surface area contributed by atoms with Crippen molar-refractivity contribution in [3.8, 4) is 156 Å².